The van der Waals surface area contributed by atoms with Crippen molar-refractivity contribution >= 4 is 0 Å². The van der Waals surface area contributed by atoms with Crippen molar-refractivity contribution in [3.8, 4) is 11.3 Å². The lowest BCUT2D eigenvalue weighted by molar-refractivity contribution is 0.351. The van der Waals surface area contributed by atoms with E-state index in [-0.39, 0.29) is 6.04 Å². The maximum absolute atomic E-state index is 5.33. The summed E-state index contributed by atoms with van der Waals surface area (Å²) >= 11 is 0. The lowest BCUT2D eigenvalue weighted by Gasteiger charge is -2.00. The molecule has 81 valence electrons. The molecule has 0 amide bonds. The molecule has 0 spiro atoms. The predicted molar refractivity (Wildman–Crippen MR) is 58.7 cm³/mol. The van der Waals surface area contributed by atoms with Gasteiger partial charge in [0.25, 0.3) is 0 Å². The van der Waals surface area contributed by atoms with E-state index in [9.17, 15) is 0 Å². The summed E-state index contributed by atoms with van der Waals surface area (Å²) in [4.78, 5) is 4.06. The lowest BCUT2D eigenvalue weighted by atomic mass is 10.1. The fourth-order valence-corrected chi connectivity index (χ4v) is 1.95. The van der Waals surface area contributed by atoms with Crippen LogP contribution < -0.4 is 5.32 Å². The van der Waals surface area contributed by atoms with Crippen molar-refractivity contribution in [3.63, 3.8) is 0 Å². The molecule has 0 bridgehead atoms. The van der Waals surface area contributed by atoms with Crippen LogP contribution in [0.3, 0.4) is 0 Å². The van der Waals surface area contributed by atoms with Gasteiger partial charge in [-0.1, -0.05) is 5.16 Å². The minimum Gasteiger partial charge on any atom is -0.359 e. The summed E-state index contributed by atoms with van der Waals surface area (Å²) in [5.41, 5.74) is 1.82. The van der Waals surface area contributed by atoms with E-state index in [0.29, 0.717) is 0 Å². The highest BCUT2D eigenvalue weighted by molar-refractivity contribution is 5.57. The van der Waals surface area contributed by atoms with Crippen LogP contribution in [0.1, 0.15) is 24.6 Å². The highest BCUT2D eigenvalue weighted by atomic mass is 16.5. The van der Waals surface area contributed by atoms with Crippen LogP contribution in [0.5, 0.6) is 0 Å². The fourth-order valence-electron chi connectivity index (χ4n) is 1.95. The SMILES string of the molecule is c1cncc(-c2cc(C3CCC[N]3)on2)c1. The van der Waals surface area contributed by atoms with E-state index in [4.69, 9.17) is 4.52 Å². The maximum atomic E-state index is 5.33. The summed E-state index contributed by atoms with van der Waals surface area (Å²) in [5, 5.41) is 8.52. The highest BCUT2D eigenvalue weighted by Gasteiger charge is 2.22. The van der Waals surface area contributed by atoms with Gasteiger partial charge in [-0.15, -0.1) is 0 Å². The molecule has 1 fully saturated rings. The van der Waals surface area contributed by atoms with Crippen molar-refractivity contribution in [2.45, 2.75) is 18.9 Å². The number of hydrogen-bond acceptors (Lipinski definition) is 3. The smallest absolute Gasteiger partial charge is 0.155 e. The van der Waals surface area contributed by atoms with Gasteiger partial charge in [-0.3, -0.25) is 4.98 Å². The fraction of sp³-hybridized carbons (Fsp3) is 0.333. The number of rotatable bonds is 2. The van der Waals surface area contributed by atoms with Crippen LogP contribution in [0.25, 0.3) is 11.3 Å². The highest BCUT2D eigenvalue weighted by Crippen LogP contribution is 2.27. The molecule has 3 heterocycles. The summed E-state index contributed by atoms with van der Waals surface area (Å²) in [6.45, 7) is 0.938. The Hall–Kier alpha value is -1.68. The van der Waals surface area contributed by atoms with E-state index in [1.54, 1.807) is 12.4 Å². The van der Waals surface area contributed by atoms with Crippen molar-refractivity contribution in [2.24, 2.45) is 0 Å². The van der Waals surface area contributed by atoms with Crippen molar-refractivity contribution < 1.29 is 4.52 Å². The third kappa shape index (κ3) is 1.72. The molecule has 3 rings (SSSR count). The van der Waals surface area contributed by atoms with Crippen LogP contribution in [-0.2, 0) is 0 Å². The molecule has 0 N–H and O–H groups in total. The molecule has 0 aliphatic carbocycles. The number of hydrogen-bond donors (Lipinski definition) is 0. The van der Waals surface area contributed by atoms with E-state index >= 15 is 0 Å². The first-order valence-electron chi connectivity index (χ1n) is 5.47. The van der Waals surface area contributed by atoms with E-state index < -0.39 is 0 Å². The summed E-state index contributed by atoms with van der Waals surface area (Å²) < 4.78 is 5.33. The normalized spacial score (nSPS) is 20.1. The Bertz CT molecular complexity index is 460. The van der Waals surface area contributed by atoms with Gasteiger partial charge < -0.3 is 4.52 Å². The molecule has 2 aromatic rings. The largest absolute Gasteiger partial charge is 0.359 e. The van der Waals surface area contributed by atoms with Crippen LogP contribution in [0, 0.1) is 0 Å². The summed E-state index contributed by atoms with van der Waals surface area (Å²) in [5.74, 6) is 0.872. The third-order valence-corrected chi connectivity index (χ3v) is 2.80. The van der Waals surface area contributed by atoms with Gasteiger partial charge >= 0.3 is 0 Å². The standard InChI is InChI=1S/C12H12N3O/c1-3-9(8-13-5-1)11-7-12(16-15-11)10-4-2-6-14-10/h1,3,5,7-8,10H,2,4,6H2. The third-order valence-electron chi connectivity index (χ3n) is 2.80. The number of pyridine rings is 1. The molecular weight excluding hydrogens is 202 g/mol. The van der Waals surface area contributed by atoms with Gasteiger partial charge in [-0.25, -0.2) is 5.32 Å². The molecule has 1 aliphatic rings. The quantitative estimate of drug-likeness (QED) is 0.769. The van der Waals surface area contributed by atoms with E-state index in [0.717, 1.165) is 36.4 Å². The van der Waals surface area contributed by atoms with Gasteiger partial charge in [0, 0.05) is 30.6 Å². The Labute approximate surface area is 93.7 Å². The van der Waals surface area contributed by atoms with Gasteiger partial charge in [0.2, 0.25) is 0 Å². The molecule has 1 saturated heterocycles. The molecule has 4 nitrogen and oxygen atoms in total. The van der Waals surface area contributed by atoms with Crippen molar-refractivity contribution in [1.82, 2.24) is 15.5 Å². The first-order valence-corrected chi connectivity index (χ1v) is 5.47. The molecule has 16 heavy (non-hydrogen) atoms. The maximum Gasteiger partial charge on any atom is 0.155 e. The molecule has 0 aromatic carbocycles. The van der Waals surface area contributed by atoms with E-state index in [1.807, 2.05) is 18.2 Å². The van der Waals surface area contributed by atoms with Crippen LogP contribution in [0.4, 0.5) is 0 Å². The topological polar surface area (TPSA) is 53.0 Å². The van der Waals surface area contributed by atoms with Crippen LogP contribution in [0.2, 0.25) is 0 Å². The first kappa shape index (κ1) is 9.54. The van der Waals surface area contributed by atoms with Gasteiger partial charge in [0.05, 0.1) is 6.04 Å². The average Bonchev–Trinajstić information content (AvgIpc) is 3.01. The molecule has 1 unspecified atom stereocenters. The van der Waals surface area contributed by atoms with E-state index in [2.05, 4.69) is 15.5 Å². The zero-order valence-electron chi connectivity index (χ0n) is 8.84. The molecular formula is C12H12N3O. The second kappa shape index (κ2) is 4.06. The lowest BCUT2D eigenvalue weighted by Crippen LogP contribution is -2.03. The first-order chi connectivity index (χ1) is 7.93. The average molecular weight is 214 g/mol. The van der Waals surface area contributed by atoms with Gasteiger partial charge in [-0.2, -0.15) is 0 Å². The molecule has 4 heteroatoms. The van der Waals surface area contributed by atoms with Gasteiger partial charge in [-0.05, 0) is 25.0 Å². The van der Waals surface area contributed by atoms with Crippen molar-refractivity contribution in [2.75, 3.05) is 6.54 Å². The Balaban J connectivity index is 1.87. The Kier molecular flexibility index (Phi) is 2.42. The minimum atomic E-state index is 0.206. The van der Waals surface area contributed by atoms with Crippen molar-refractivity contribution in [1.29, 1.82) is 0 Å². The molecule has 0 saturated carbocycles. The summed E-state index contributed by atoms with van der Waals surface area (Å²) in [6, 6.07) is 6.04. The van der Waals surface area contributed by atoms with Crippen molar-refractivity contribution in [3.05, 3.63) is 36.4 Å². The number of aromatic nitrogens is 2. The predicted octanol–water partition coefficient (Wildman–Crippen LogP) is 2.18. The summed E-state index contributed by atoms with van der Waals surface area (Å²) in [6.07, 6.45) is 5.75. The molecule has 1 radical (unpaired) electrons. The van der Waals surface area contributed by atoms with Gasteiger partial charge in [0.15, 0.2) is 5.76 Å². The minimum absolute atomic E-state index is 0.206. The van der Waals surface area contributed by atoms with Crippen LogP contribution in [-0.4, -0.2) is 16.7 Å². The van der Waals surface area contributed by atoms with Crippen LogP contribution in [0.15, 0.2) is 35.1 Å². The van der Waals surface area contributed by atoms with Gasteiger partial charge in [0.1, 0.15) is 5.69 Å². The number of nitrogens with zero attached hydrogens (tertiary/aromatic N) is 3. The monoisotopic (exact) mass is 214 g/mol. The molecule has 1 atom stereocenters. The molecule has 1 aliphatic heterocycles. The zero-order chi connectivity index (χ0) is 10.8. The Morgan fingerprint density at radius 1 is 1.38 bits per heavy atom. The Morgan fingerprint density at radius 2 is 2.38 bits per heavy atom. The van der Waals surface area contributed by atoms with E-state index in [1.165, 1.54) is 0 Å². The zero-order valence-corrected chi connectivity index (χ0v) is 8.84. The van der Waals surface area contributed by atoms with Crippen LogP contribution >= 0.6 is 0 Å². The second-order valence-electron chi connectivity index (χ2n) is 3.92. The molecule has 2 aromatic heterocycles. The second-order valence-corrected chi connectivity index (χ2v) is 3.92. The summed E-state index contributed by atoms with van der Waals surface area (Å²) in [7, 11) is 0. The Morgan fingerprint density at radius 3 is 3.12 bits per heavy atom.